The maximum atomic E-state index is 12.2. The minimum Gasteiger partial charge on any atom is -0.495 e. The highest BCUT2D eigenvalue weighted by Crippen LogP contribution is 2.25. The van der Waals surface area contributed by atoms with Crippen LogP contribution in [0.15, 0.2) is 35.2 Å². The first kappa shape index (κ1) is 15.1. The summed E-state index contributed by atoms with van der Waals surface area (Å²) in [6.45, 7) is 0.187. The zero-order chi connectivity index (χ0) is 14.8. The number of ether oxygens (including phenoxy) is 1. The number of thiophene rings is 1. The third-order valence-corrected chi connectivity index (χ3v) is 5.21. The molecule has 0 amide bonds. The fourth-order valence-corrected chi connectivity index (χ4v) is 3.70. The Bertz CT molecular complexity index is 713. The summed E-state index contributed by atoms with van der Waals surface area (Å²) in [5.74, 6) is 0.326. The van der Waals surface area contributed by atoms with Crippen LogP contribution in [0.1, 0.15) is 4.88 Å². The molecule has 0 saturated heterocycles. The highest BCUT2D eigenvalue weighted by molar-refractivity contribution is 7.89. The fraction of sp³-hybridized carbons (Fsp3) is 0.167. The van der Waals surface area contributed by atoms with Gasteiger partial charge in [0.05, 0.1) is 22.0 Å². The van der Waals surface area contributed by atoms with Gasteiger partial charge in [-0.3, -0.25) is 0 Å². The molecule has 3 N–H and O–H groups in total. The minimum absolute atomic E-state index is 0.103. The number of halogens is 1. The lowest BCUT2D eigenvalue weighted by Crippen LogP contribution is -2.22. The van der Waals surface area contributed by atoms with Gasteiger partial charge in [0, 0.05) is 17.5 Å². The molecule has 0 bridgehead atoms. The Morgan fingerprint density at radius 1 is 1.35 bits per heavy atom. The molecule has 8 heteroatoms. The second kappa shape index (κ2) is 6.01. The highest BCUT2D eigenvalue weighted by Gasteiger charge is 2.16. The number of rotatable bonds is 5. The van der Waals surface area contributed by atoms with Crippen LogP contribution in [0, 0.1) is 0 Å². The van der Waals surface area contributed by atoms with E-state index < -0.39 is 10.0 Å². The van der Waals surface area contributed by atoms with Gasteiger partial charge in [0.1, 0.15) is 5.75 Å². The summed E-state index contributed by atoms with van der Waals surface area (Å²) in [6, 6.07) is 7.82. The first-order valence-corrected chi connectivity index (χ1v) is 8.27. The summed E-state index contributed by atoms with van der Waals surface area (Å²) in [4.78, 5) is 0.937. The van der Waals surface area contributed by atoms with E-state index in [1.807, 2.05) is 0 Å². The molecule has 108 valence electrons. The standard InChI is InChI=1S/C12H13ClN2O3S2/c1-18-11-6-9(3-4-10(11)14)20(16,17)15-7-8-2-5-12(13)19-8/h2-6,15H,7,14H2,1H3. The van der Waals surface area contributed by atoms with Gasteiger partial charge in [0.15, 0.2) is 0 Å². The third kappa shape index (κ3) is 3.43. The van der Waals surface area contributed by atoms with Crippen LogP contribution in [0.5, 0.6) is 5.75 Å². The summed E-state index contributed by atoms with van der Waals surface area (Å²) in [7, 11) is -2.19. The van der Waals surface area contributed by atoms with Crippen LogP contribution < -0.4 is 15.2 Å². The van der Waals surface area contributed by atoms with Crippen LogP contribution in [0.25, 0.3) is 0 Å². The van der Waals surface area contributed by atoms with Gasteiger partial charge in [-0.1, -0.05) is 11.6 Å². The molecule has 20 heavy (non-hydrogen) atoms. The van der Waals surface area contributed by atoms with Crippen LogP contribution in [0.3, 0.4) is 0 Å². The maximum absolute atomic E-state index is 12.2. The molecule has 1 heterocycles. The van der Waals surface area contributed by atoms with Crippen molar-refractivity contribution in [3.05, 3.63) is 39.5 Å². The van der Waals surface area contributed by atoms with E-state index in [4.69, 9.17) is 22.1 Å². The predicted molar refractivity (Wildman–Crippen MR) is 80.8 cm³/mol. The summed E-state index contributed by atoms with van der Waals surface area (Å²) >= 11 is 7.12. The van der Waals surface area contributed by atoms with Gasteiger partial charge in [0.2, 0.25) is 10.0 Å². The average molecular weight is 333 g/mol. The van der Waals surface area contributed by atoms with Crippen molar-refractivity contribution in [1.29, 1.82) is 0 Å². The van der Waals surface area contributed by atoms with E-state index >= 15 is 0 Å². The quantitative estimate of drug-likeness (QED) is 0.824. The van der Waals surface area contributed by atoms with Gasteiger partial charge in [0.25, 0.3) is 0 Å². The second-order valence-corrected chi connectivity index (χ2v) is 7.50. The normalized spacial score (nSPS) is 11.5. The zero-order valence-electron chi connectivity index (χ0n) is 10.6. The number of methoxy groups -OCH3 is 1. The molecule has 0 spiro atoms. The smallest absolute Gasteiger partial charge is 0.241 e. The van der Waals surface area contributed by atoms with Gasteiger partial charge in [-0.15, -0.1) is 11.3 Å². The molecule has 0 unspecified atom stereocenters. The number of hydrogen-bond donors (Lipinski definition) is 2. The molecule has 0 fully saturated rings. The van der Waals surface area contributed by atoms with Crippen molar-refractivity contribution in [2.24, 2.45) is 0 Å². The van der Waals surface area contributed by atoms with Crippen molar-refractivity contribution in [3.63, 3.8) is 0 Å². The molecule has 1 aromatic heterocycles. The largest absolute Gasteiger partial charge is 0.495 e. The summed E-state index contributed by atoms with van der Waals surface area (Å²) < 4.78 is 32.4. The minimum atomic E-state index is -3.62. The molecule has 0 saturated carbocycles. The van der Waals surface area contributed by atoms with E-state index in [2.05, 4.69) is 4.72 Å². The van der Waals surface area contributed by atoms with Crippen molar-refractivity contribution in [2.45, 2.75) is 11.4 Å². The van der Waals surface area contributed by atoms with E-state index in [0.29, 0.717) is 15.8 Å². The lowest BCUT2D eigenvalue weighted by molar-refractivity contribution is 0.415. The lowest BCUT2D eigenvalue weighted by Gasteiger charge is -2.09. The van der Waals surface area contributed by atoms with Crippen LogP contribution in [-0.4, -0.2) is 15.5 Å². The summed E-state index contributed by atoms with van der Waals surface area (Å²) in [5.41, 5.74) is 6.04. The molecule has 2 rings (SSSR count). The molecular formula is C12H13ClN2O3S2. The van der Waals surface area contributed by atoms with E-state index in [9.17, 15) is 8.42 Å². The van der Waals surface area contributed by atoms with Crippen molar-refractivity contribution in [1.82, 2.24) is 4.72 Å². The Kier molecular flexibility index (Phi) is 4.54. The Balaban J connectivity index is 2.17. The van der Waals surface area contributed by atoms with Gasteiger partial charge in [-0.25, -0.2) is 13.1 Å². The Morgan fingerprint density at radius 2 is 2.10 bits per heavy atom. The number of benzene rings is 1. The molecule has 0 aliphatic carbocycles. The summed E-state index contributed by atoms with van der Waals surface area (Å²) in [5, 5.41) is 0. The molecule has 0 radical (unpaired) electrons. The number of nitrogens with one attached hydrogen (secondary N) is 1. The average Bonchev–Trinajstić information content (AvgIpc) is 2.83. The van der Waals surface area contributed by atoms with Gasteiger partial charge < -0.3 is 10.5 Å². The SMILES string of the molecule is COc1cc(S(=O)(=O)NCc2ccc(Cl)s2)ccc1N. The first-order chi connectivity index (χ1) is 9.42. The van der Waals surface area contributed by atoms with Crippen molar-refractivity contribution in [3.8, 4) is 5.75 Å². The molecular weight excluding hydrogens is 320 g/mol. The highest BCUT2D eigenvalue weighted by atomic mass is 35.5. The van der Waals surface area contributed by atoms with E-state index in [-0.39, 0.29) is 11.4 Å². The predicted octanol–water partition coefficient (Wildman–Crippen LogP) is 2.47. The lowest BCUT2D eigenvalue weighted by atomic mass is 10.3. The molecule has 2 aromatic rings. The molecule has 0 aliphatic heterocycles. The van der Waals surface area contributed by atoms with Crippen LogP contribution >= 0.6 is 22.9 Å². The molecule has 0 aliphatic rings. The summed E-state index contributed by atoms with van der Waals surface area (Å²) in [6.07, 6.45) is 0. The topological polar surface area (TPSA) is 81.4 Å². The fourth-order valence-electron chi connectivity index (χ4n) is 1.55. The number of anilines is 1. The number of hydrogen-bond acceptors (Lipinski definition) is 5. The molecule has 0 atom stereocenters. The molecule has 1 aromatic carbocycles. The number of nitrogen functional groups attached to an aromatic ring is 1. The third-order valence-electron chi connectivity index (χ3n) is 2.58. The molecule has 5 nitrogen and oxygen atoms in total. The van der Waals surface area contributed by atoms with Crippen molar-refractivity contribution in [2.75, 3.05) is 12.8 Å². The van der Waals surface area contributed by atoms with Crippen LogP contribution in [0.2, 0.25) is 4.34 Å². The van der Waals surface area contributed by atoms with Crippen molar-refractivity contribution >= 4 is 38.6 Å². The van der Waals surface area contributed by atoms with E-state index in [0.717, 1.165) is 4.88 Å². The second-order valence-electron chi connectivity index (χ2n) is 3.93. The van der Waals surface area contributed by atoms with Crippen LogP contribution in [0.4, 0.5) is 5.69 Å². The van der Waals surface area contributed by atoms with Gasteiger partial charge >= 0.3 is 0 Å². The Labute approximate surface area is 126 Å². The Hall–Kier alpha value is -1.28. The zero-order valence-corrected chi connectivity index (χ0v) is 13.0. The van der Waals surface area contributed by atoms with Crippen molar-refractivity contribution < 1.29 is 13.2 Å². The number of nitrogens with two attached hydrogens (primary N) is 1. The Morgan fingerprint density at radius 3 is 2.70 bits per heavy atom. The van der Waals surface area contributed by atoms with E-state index in [1.54, 1.807) is 12.1 Å². The maximum Gasteiger partial charge on any atom is 0.241 e. The van der Waals surface area contributed by atoms with Crippen LogP contribution in [-0.2, 0) is 16.6 Å². The van der Waals surface area contributed by atoms with E-state index in [1.165, 1.54) is 36.6 Å². The first-order valence-electron chi connectivity index (χ1n) is 5.60. The number of sulfonamides is 1. The van der Waals surface area contributed by atoms with Gasteiger partial charge in [-0.05, 0) is 24.3 Å². The monoisotopic (exact) mass is 332 g/mol. The van der Waals surface area contributed by atoms with Gasteiger partial charge in [-0.2, -0.15) is 0 Å².